The zero-order valence-electron chi connectivity index (χ0n) is 16.1. The standard InChI is InChI=1S/C20H29N5OS/c1-15(24-11-2-3-12-24)6-10-21-18(26)16-7-13-25(14-8-16)20-23-17-5-4-9-22-19(17)27-20/h4-5,9,15-16H,2-3,6-8,10-14H2,1H3,(H,21,26)/t15-/m1/s1. The van der Waals surface area contributed by atoms with E-state index < -0.39 is 0 Å². The van der Waals surface area contributed by atoms with Crippen LogP contribution < -0.4 is 10.2 Å². The molecular weight excluding hydrogens is 358 g/mol. The van der Waals surface area contributed by atoms with Crippen molar-refractivity contribution in [3.63, 3.8) is 0 Å². The van der Waals surface area contributed by atoms with Crippen molar-refractivity contribution < 1.29 is 4.79 Å². The minimum Gasteiger partial charge on any atom is -0.356 e. The summed E-state index contributed by atoms with van der Waals surface area (Å²) in [6.07, 6.45) is 7.29. The fourth-order valence-corrected chi connectivity index (χ4v) is 5.10. The van der Waals surface area contributed by atoms with Crippen molar-refractivity contribution in [3.05, 3.63) is 18.3 Å². The van der Waals surface area contributed by atoms with Crippen LogP contribution >= 0.6 is 11.3 Å². The first kappa shape index (κ1) is 18.6. The van der Waals surface area contributed by atoms with Gasteiger partial charge in [0.15, 0.2) is 5.13 Å². The summed E-state index contributed by atoms with van der Waals surface area (Å²) in [6.45, 7) is 7.29. The maximum absolute atomic E-state index is 12.5. The number of rotatable bonds is 6. The van der Waals surface area contributed by atoms with Crippen molar-refractivity contribution >= 4 is 32.7 Å². The first-order chi connectivity index (χ1) is 13.2. The van der Waals surface area contributed by atoms with E-state index in [1.807, 2.05) is 18.3 Å². The molecule has 1 amide bonds. The third-order valence-corrected chi connectivity index (χ3v) is 6.96. The van der Waals surface area contributed by atoms with Gasteiger partial charge in [-0.1, -0.05) is 11.3 Å². The summed E-state index contributed by atoms with van der Waals surface area (Å²) in [6, 6.07) is 4.50. The predicted octanol–water partition coefficient (Wildman–Crippen LogP) is 2.90. The Hall–Kier alpha value is -1.73. The fourth-order valence-electron chi connectivity index (χ4n) is 4.14. The minimum atomic E-state index is 0.135. The van der Waals surface area contributed by atoms with Crippen LogP contribution in [-0.2, 0) is 4.79 Å². The summed E-state index contributed by atoms with van der Waals surface area (Å²) in [7, 11) is 0. The van der Waals surface area contributed by atoms with Gasteiger partial charge in [-0.3, -0.25) is 4.79 Å². The van der Waals surface area contributed by atoms with Crippen molar-refractivity contribution in [2.24, 2.45) is 5.92 Å². The lowest BCUT2D eigenvalue weighted by molar-refractivity contribution is -0.125. The molecule has 1 atom stereocenters. The molecule has 27 heavy (non-hydrogen) atoms. The molecule has 4 rings (SSSR count). The van der Waals surface area contributed by atoms with Gasteiger partial charge in [0, 0.05) is 37.8 Å². The molecule has 0 aliphatic carbocycles. The van der Waals surface area contributed by atoms with Crippen LogP contribution in [0.3, 0.4) is 0 Å². The highest BCUT2D eigenvalue weighted by atomic mass is 32.1. The zero-order chi connectivity index (χ0) is 18.6. The number of likely N-dealkylation sites (tertiary alicyclic amines) is 1. The van der Waals surface area contributed by atoms with Gasteiger partial charge in [0.05, 0.1) is 0 Å². The monoisotopic (exact) mass is 387 g/mol. The summed E-state index contributed by atoms with van der Waals surface area (Å²) >= 11 is 1.64. The Morgan fingerprint density at radius 2 is 2.07 bits per heavy atom. The molecule has 146 valence electrons. The normalized spacial score (nSPS) is 20.3. The van der Waals surface area contributed by atoms with Gasteiger partial charge in [-0.15, -0.1) is 0 Å². The average molecular weight is 388 g/mol. The van der Waals surface area contributed by atoms with Crippen LogP contribution in [0, 0.1) is 5.92 Å². The van der Waals surface area contributed by atoms with Crippen molar-refractivity contribution in [1.29, 1.82) is 0 Å². The summed E-state index contributed by atoms with van der Waals surface area (Å²) < 4.78 is 0. The number of amides is 1. The van der Waals surface area contributed by atoms with Gasteiger partial charge in [-0.05, 0) is 64.3 Å². The van der Waals surface area contributed by atoms with Crippen molar-refractivity contribution in [1.82, 2.24) is 20.2 Å². The fraction of sp³-hybridized carbons (Fsp3) is 0.650. The lowest BCUT2D eigenvalue weighted by atomic mass is 9.96. The number of aromatic nitrogens is 2. The molecule has 2 aliphatic rings. The number of carbonyl (C=O) groups is 1. The molecule has 0 spiro atoms. The molecule has 2 aromatic heterocycles. The van der Waals surface area contributed by atoms with Crippen LogP contribution in [0.5, 0.6) is 0 Å². The van der Waals surface area contributed by atoms with E-state index in [1.54, 1.807) is 11.3 Å². The van der Waals surface area contributed by atoms with E-state index in [1.165, 1.54) is 25.9 Å². The Labute approximate surface area is 165 Å². The molecule has 7 heteroatoms. The van der Waals surface area contributed by atoms with E-state index >= 15 is 0 Å². The first-order valence-corrected chi connectivity index (χ1v) is 11.0. The molecule has 2 aromatic rings. The summed E-state index contributed by atoms with van der Waals surface area (Å²) in [5, 5.41) is 4.21. The predicted molar refractivity (Wildman–Crippen MR) is 110 cm³/mol. The topological polar surface area (TPSA) is 61.4 Å². The average Bonchev–Trinajstić information content (AvgIpc) is 3.37. The summed E-state index contributed by atoms with van der Waals surface area (Å²) in [5.41, 5.74) is 0.962. The summed E-state index contributed by atoms with van der Waals surface area (Å²) in [4.78, 5) is 27.4. The van der Waals surface area contributed by atoms with Gasteiger partial charge in [-0.25, -0.2) is 9.97 Å². The summed E-state index contributed by atoms with van der Waals surface area (Å²) in [5.74, 6) is 0.366. The van der Waals surface area contributed by atoms with E-state index in [0.717, 1.165) is 54.4 Å². The van der Waals surface area contributed by atoms with E-state index in [2.05, 4.69) is 32.0 Å². The van der Waals surface area contributed by atoms with E-state index in [-0.39, 0.29) is 11.8 Å². The third-order valence-electron chi connectivity index (χ3n) is 5.92. The number of hydrogen-bond acceptors (Lipinski definition) is 6. The van der Waals surface area contributed by atoms with Crippen molar-refractivity contribution in [3.8, 4) is 0 Å². The Kier molecular flexibility index (Phi) is 5.88. The smallest absolute Gasteiger partial charge is 0.223 e. The highest BCUT2D eigenvalue weighted by Crippen LogP contribution is 2.30. The van der Waals surface area contributed by atoms with Gasteiger partial charge in [0.25, 0.3) is 0 Å². The van der Waals surface area contributed by atoms with Crippen molar-refractivity contribution in [2.45, 2.75) is 45.1 Å². The Morgan fingerprint density at radius 3 is 2.81 bits per heavy atom. The van der Waals surface area contributed by atoms with Gasteiger partial charge >= 0.3 is 0 Å². The van der Waals surface area contributed by atoms with Crippen LogP contribution in [0.1, 0.15) is 39.0 Å². The largest absolute Gasteiger partial charge is 0.356 e. The van der Waals surface area contributed by atoms with Gasteiger partial charge in [0.1, 0.15) is 10.3 Å². The zero-order valence-corrected chi connectivity index (χ0v) is 16.9. The van der Waals surface area contributed by atoms with Crippen LogP contribution in [0.2, 0.25) is 0 Å². The number of carbonyl (C=O) groups excluding carboxylic acids is 1. The highest BCUT2D eigenvalue weighted by Gasteiger charge is 2.26. The minimum absolute atomic E-state index is 0.135. The Balaban J connectivity index is 1.22. The number of fused-ring (bicyclic) bond motifs is 1. The van der Waals surface area contributed by atoms with E-state index in [0.29, 0.717) is 6.04 Å². The van der Waals surface area contributed by atoms with Gasteiger partial charge < -0.3 is 15.1 Å². The van der Waals surface area contributed by atoms with Gasteiger partial charge in [-0.2, -0.15) is 0 Å². The number of hydrogen-bond donors (Lipinski definition) is 1. The molecule has 4 heterocycles. The second-order valence-electron chi connectivity index (χ2n) is 7.76. The maximum atomic E-state index is 12.5. The molecule has 0 radical (unpaired) electrons. The molecule has 6 nitrogen and oxygen atoms in total. The number of nitrogens with zero attached hydrogens (tertiary/aromatic N) is 4. The van der Waals surface area contributed by atoms with Crippen LogP contribution in [0.15, 0.2) is 18.3 Å². The van der Waals surface area contributed by atoms with Crippen LogP contribution in [0.25, 0.3) is 10.3 Å². The second kappa shape index (κ2) is 8.52. The number of pyridine rings is 1. The molecule has 0 aromatic carbocycles. The SMILES string of the molecule is C[C@H](CCNC(=O)C1CCN(c2nc3cccnc3s2)CC1)N1CCCC1. The lowest BCUT2D eigenvalue weighted by Crippen LogP contribution is -2.41. The molecule has 2 aliphatic heterocycles. The van der Waals surface area contributed by atoms with E-state index in [9.17, 15) is 4.79 Å². The Morgan fingerprint density at radius 1 is 1.30 bits per heavy atom. The Bertz CT molecular complexity index is 732. The lowest BCUT2D eigenvalue weighted by Gasteiger charge is -2.31. The number of piperidine rings is 1. The molecular formula is C20H29N5OS. The molecule has 2 fully saturated rings. The second-order valence-corrected chi connectivity index (χ2v) is 8.71. The van der Waals surface area contributed by atoms with Gasteiger partial charge in [0.2, 0.25) is 5.91 Å². The molecule has 0 saturated carbocycles. The molecule has 0 unspecified atom stereocenters. The quantitative estimate of drug-likeness (QED) is 0.826. The highest BCUT2D eigenvalue weighted by molar-refractivity contribution is 7.21. The molecule has 1 N–H and O–H groups in total. The number of nitrogens with one attached hydrogen (secondary N) is 1. The number of thiazole rings is 1. The van der Waals surface area contributed by atoms with Crippen molar-refractivity contribution in [2.75, 3.05) is 37.6 Å². The maximum Gasteiger partial charge on any atom is 0.223 e. The first-order valence-electron chi connectivity index (χ1n) is 10.2. The van der Waals surface area contributed by atoms with Crippen LogP contribution in [0.4, 0.5) is 5.13 Å². The van der Waals surface area contributed by atoms with E-state index in [4.69, 9.17) is 0 Å². The third kappa shape index (κ3) is 4.41. The molecule has 2 saturated heterocycles. The molecule has 0 bridgehead atoms. The number of anilines is 1. The van der Waals surface area contributed by atoms with Crippen LogP contribution in [-0.4, -0.2) is 59.5 Å².